The molecule has 2 fully saturated rings. The molecule has 0 spiro atoms. The van der Waals surface area contributed by atoms with Crippen molar-refractivity contribution >= 4 is 0 Å². The first kappa shape index (κ1) is 11.4. The standard InChI is InChI=1S/C12H24N2O/c1-11(2)5-6-14(9-11)12(8-13)4-3-7-15-10-12/h3-10,13H2,1-2H3. The second-order valence-corrected chi connectivity index (χ2v) is 5.92. The van der Waals surface area contributed by atoms with Crippen molar-refractivity contribution < 1.29 is 4.74 Å². The van der Waals surface area contributed by atoms with Gasteiger partial charge in [0.05, 0.1) is 12.1 Å². The molecule has 0 saturated carbocycles. The van der Waals surface area contributed by atoms with E-state index < -0.39 is 0 Å². The van der Waals surface area contributed by atoms with Crippen molar-refractivity contribution in [1.29, 1.82) is 0 Å². The Kier molecular flexibility index (Phi) is 3.06. The van der Waals surface area contributed by atoms with Gasteiger partial charge >= 0.3 is 0 Å². The Labute approximate surface area is 93.0 Å². The quantitative estimate of drug-likeness (QED) is 0.748. The van der Waals surface area contributed by atoms with Crippen molar-refractivity contribution in [3.05, 3.63) is 0 Å². The molecule has 0 aromatic rings. The lowest BCUT2D eigenvalue weighted by molar-refractivity contribution is -0.0385. The van der Waals surface area contributed by atoms with Gasteiger partial charge in [0.2, 0.25) is 0 Å². The molecule has 0 radical (unpaired) electrons. The largest absolute Gasteiger partial charge is 0.379 e. The number of likely N-dealkylation sites (tertiary alicyclic amines) is 1. The highest BCUT2D eigenvalue weighted by molar-refractivity contribution is 4.98. The van der Waals surface area contributed by atoms with Crippen molar-refractivity contribution in [2.24, 2.45) is 11.1 Å². The van der Waals surface area contributed by atoms with Gasteiger partial charge in [0.15, 0.2) is 0 Å². The summed E-state index contributed by atoms with van der Waals surface area (Å²) in [6.45, 7) is 9.55. The van der Waals surface area contributed by atoms with Crippen molar-refractivity contribution in [1.82, 2.24) is 4.90 Å². The van der Waals surface area contributed by atoms with E-state index in [1.165, 1.54) is 25.9 Å². The first-order valence-corrected chi connectivity index (χ1v) is 6.11. The minimum atomic E-state index is 0.145. The minimum Gasteiger partial charge on any atom is -0.379 e. The van der Waals surface area contributed by atoms with Crippen LogP contribution in [0.1, 0.15) is 33.1 Å². The van der Waals surface area contributed by atoms with Gasteiger partial charge < -0.3 is 10.5 Å². The summed E-state index contributed by atoms with van der Waals surface area (Å²) < 4.78 is 5.64. The monoisotopic (exact) mass is 212 g/mol. The molecule has 2 saturated heterocycles. The zero-order chi connectivity index (χ0) is 10.9. The lowest BCUT2D eigenvalue weighted by Gasteiger charge is -2.44. The van der Waals surface area contributed by atoms with E-state index in [1.54, 1.807) is 0 Å². The average Bonchev–Trinajstić information content (AvgIpc) is 2.60. The molecule has 15 heavy (non-hydrogen) atoms. The highest BCUT2D eigenvalue weighted by Gasteiger charge is 2.43. The predicted molar refractivity (Wildman–Crippen MR) is 61.8 cm³/mol. The molecule has 0 aromatic heterocycles. The maximum absolute atomic E-state index is 5.98. The molecule has 3 nitrogen and oxygen atoms in total. The van der Waals surface area contributed by atoms with Crippen LogP contribution in [-0.4, -0.2) is 43.3 Å². The number of hydrogen-bond acceptors (Lipinski definition) is 3. The zero-order valence-corrected chi connectivity index (χ0v) is 10.1. The molecule has 2 aliphatic heterocycles. The summed E-state index contributed by atoms with van der Waals surface area (Å²) in [6, 6.07) is 0. The Balaban J connectivity index is 2.06. The second-order valence-electron chi connectivity index (χ2n) is 5.92. The number of nitrogens with zero attached hydrogens (tertiary/aromatic N) is 1. The van der Waals surface area contributed by atoms with Gasteiger partial charge in [0, 0.05) is 19.7 Å². The maximum Gasteiger partial charge on any atom is 0.0662 e. The summed E-state index contributed by atoms with van der Waals surface area (Å²) in [7, 11) is 0. The normalized spacial score (nSPS) is 37.0. The Bertz CT molecular complexity index is 222. The van der Waals surface area contributed by atoms with Gasteiger partial charge in [-0.25, -0.2) is 0 Å². The molecule has 2 rings (SSSR count). The summed E-state index contributed by atoms with van der Waals surface area (Å²) in [4.78, 5) is 2.58. The van der Waals surface area contributed by atoms with Crippen molar-refractivity contribution in [3.63, 3.8) is 0 Å². The van der Waals surface area contributed by atoms with Gasteiger partial charge in [0.1, 0.15) is 0 Å². The lowest BCUT2D eigenvalue weighted by Crippen LogP contribution is -2.58. The van der Waals surface area contributed by atoms with Crippen LogP contribution in [0.15, 0.2) is 0 Å². The fraction of sp³-hybridized carbons (Fsp3) is 1.00. The van der Waals surface area contributed by atoms with E-state index in [-0.39, 0.29) is 5.54 Å². The number of rotatable bonds is 2. The first-order chi connectivity index (χ1) is 7.08. The van der Waals surface area contributed by atoms with E-state index in [0.29, 0.717) is 5.41 Å². The van der Waals surface area contributed by atoms with Crippen molar-refractivity contribution in [2.45, 2.75) is 38.6 Å². The van der Waals surface area contributed by atoms with Crippen molar-refractivity contribution in [2.75, 3.05) is 32.8 Å². The van der Waals surface area contributed by atoms with Crippen LogP contribution in [0, 0.1) is 5.41 Å². The fourth-order valence-corrected chi connectivity index (χ4v) is 2.89. The van der Waals surface area contributed by atoms with Gasteiger partial charge in [-0.2, -0.15) is 0 Å². The molecule has 2 heterocycles. The van der Waals surface area contributed by atoms with E-state index in [1.807, 2.05) is 0 Å². The Morgan fingerprint density at radius 2 is 2.13 bits per heavy atom. The van der Waals surface area contributed by atoms with E-state index in [9.17, 15) is 0 Å². The van der Waals surface area contributed by atoms with Gasteiger partial charge in [-0.05, 0) is 31.2 Å². The van der Waals surface area contributed by atoms with Gasteiger partial charge in [-0.3, -0.25) is 4.90 Å². The molecule has 0 bridgehead atoms. The molecular weight excluding hydrogens is 188 g/mol. The van der Waals surface area contributed by atoms with E-state index in [4.69, 9.17) is 10.5 Å². The Morgan fingerprint density at radius 1 is 1.33 bits per heavy atom. The molecule has 1 atom stereocenters. The summed E-state index contributed by atoms with van der Waals surface area (Å²) in [5, 5.41) is 0. The lowest BCUT2D eigenvalue weighted by atomic mass is 9.89. The second kappa shape index (κ2) is 4.04. The molecule has 0 amide bonds. The molecule has 88 valence electrons. The summed E-state index contributed by atoms with van der Waals surface area (Å²) in [6.07, 6.45) is 3.66. The SMILES string of the molecule is CC1(C)CCN(C2(CN)CCCOC2)C1. The smallest absolute Gasteiger partial charge is 0.0662 e. The summed E-state index contributed by atoms with van der Waals surface area (Å²) in [5.41, 5.74) is 6.59. The molecule has 0 aliphatic carbocycles. The summed E-state index contributed by atoms with van der Waals surface area (Å²) >= 11 is 0. The minimum absolute atomic E-state index is 0.145. The number of hydrogen-bond donors (Lipinski definition) is 1. The predicted octanol–water partition coefficient (Wildman–Crippen LogP) is 1.23. The Hall–Kier alpha value is -0.120. The third-order valence-electron chi connectivity index (χ3n) is 4.03. The van der Waals surface area contributed by atoms with Gasteiger partial charge in [-0.1, -0.05) is 13.8 Å². The third kappa shape index (κ3) is 2.19. The van der Waals surface area contributed by atoms with E-state index >= 15 is 0 Å². The van der Waals surface area contributed by atoms with Crippen LogP contribution in [0.3, 0.4) is 0 Å². The molecule has 3 heteroatoms. The van der Waals surface area contributed by atoms with Crippen LogP contribution in [0.5, 0.6) is 0 Å². The average molecular weight is 212 g/mol. The van der Waals surface area contributed by atoms with Crippen molar-refractivity contribution in [3.8, 4) is 0 Å². The third-order valence-corrected chi connectivity index (χ3v) is 4.03. The van der Waals surface area contributed by atoms with Crippen LogP contribution in [-0.2, 0) is 4.74 Å². The van der Waals surface area contributed by atoms with Gasteiger partial charge in [-0.15, -0.1) is 0 Å². The van der Waals surface area contributed by atoms with Gasteiger partial charge in [0.25, 0.3) is 0 Å². The zero-order valence-electron chi connectivity index (χ0n) is 10.1. The molecule has 2 aliphatic rings. The van der Waals surface area contributed by atoms with E-state index in [2.05, 4.69) is 18.7 Å². The maximum atomic E-state index is 5.98. The fourth-order valence-electron chi connectivity index (χ4n) is 2.89. The highest BCUT2D eigenvalue weighted by atomic mass is 16.5. The topological polar surface area (TPSA) is 38.5 Å². The summed E-state index contributed by atoms with van der Waals surface area (Å²) in [5.74, 6) is 0. The van der Waals surface area contributed by atoms with Crippen LogP contribution in [0.4, 0.5) is 0 Å². The molecule has 1 unspecified atom stereocenters. The highest BCUT2D eigenvalue weighted by Crippen LogP contribution is 2.36. The Morgan fingerprint density at radius 3 is 2.60 bits per heavy atom. The van der Waals surface area contributed by atoms with Crippen LogP contribution in [0.2, 0.25) is 0 Å². The van der Waals surface area contributed by atoms with E-state index in [0.717, 1.165) is 26.2 Å². The molecule has 0 aromatic carbocycles. The number of nitrogens with two attached hydrogens (primary N) is 1. The van der Waals surface area contributed by atoms with Crippen LogP contribution in [0.25, 0.3) is 0 Å². The number of ether oxygens (including phenoxy) is 1. The molecular formula is C12H24N2O. The molecule has 2 N–H and O–H groups in total. The van der Waals surface area contributed by atoms with Crippen LogP contribution >= 0.6 is 0 Å². The first-order valence-electron chi connectivity index (χ1n) is 6.11. The van der Waals surface area contributed by atoms with Crippen LogP contribution < -0.4 is 5.73 Å².